The van der Waals surface area contributed by atoms with E-state index in [0.29, 0.717) is 35.5 Å². The average molecular weight is 1830 g/mol. The number of fused-ring (bicyclic) bond motifs is 14. The Hall–Kier alpha value is -15.1. The summed E-state index contributed by atoms with van der Waals surface area (Å²) in [4.78, 5) is 15.4. The molecule has 690 valence electrons. The second-order valence-electron chi connectivity index (χ2n) is 42.8. The molecule has 0 radical (unpaired) electrons. The lowest BCUT2D eigenvalue weighted by atomic mass is 9.33. The van der Waals surface area contributed by atoms with Crippen LogP contribution in [0.15, 0.2) is 394 Å². The first-order valence-electron chi connectivity index (χ1n) is 51.2. The van der Waals surface area contributed by atoms with E-state index in [2.05, 4.69) is 541 Å². The highest BCUT2D eigenvalue weighted by Gasteiger charge is 2.49. The number of para-hydroxylation sites is 4. The minimum absolute atomic E-state index is 0.0164. The van der Waals surface area contributed by atoms with Crippen LogP contribution in [-0.4, -0.2) is 13.4 Å². The van der Waals surface area contributed by atoms with Crippen molar-refractivity contribution in [3.63, 3.8) is 0 Å². The third kappa shape index (κ3) is 15.1. The first-order chi connectivity index (χ1) is 68.3. The van der Waals surface area contributed by atoms with E-state index in [9.17, 15) is 0 Å². The smallest absolute Gasteiger partial charge is 0.252 e. The lowest BCUT2D eigenvalue weighted by Gasteiger charge is -2.45. The van der Waals surface area contributed by atoms with Gasteiger partial charge in [-0.15, -0.1) is 0 Å². The molecule has 2 aliphatic carbocycles. The second-order valence-corrected chi connectivity index (χ2v) is 42.8. The monoisotopic (exact) mass is 1820 g/mol. The molecule has 18 aromatic carbocycles. The Bertz CT molecular complexity index is 7910. The van der Waals surface area contributed by atoms with E-state index >= 15 is 0 Å². The van der Waals surface area contributed by atoms with Crippen molar-refractivity contribution in [1.82, 2.24) is 0 Å². The minimum atomic E-state index is -0.161. The van der Waals surface area contributed by atoms with E-state index in [-0.39, 0.29) is 24.3 Å². The van der Waals surface area contributed by atoms with E-state index in [4.69, 9.17) is 0 Å². The van der Waals surface area contributed by atoms with Crippen molar-refractivity contribution in [1.29, 1.82) is 0 Å². The van der Waals surface area contributed by atoms with E-state index in [1.54, 1.807) is 0 Å². The van der Waals surface area contributed by atoms with E-state index < -0.39 is 0 Å². The molecule has 0 aromatic heterocycles. The number of rotatable bonds is 18. The van der Waals surface area contributed by atoms with Crippen LogP contribution in [0.25, 0.3) is 44.5 Å². The van der Waals surface area contributed by atoms with Gasteiger partial charge in [-0.25, -0.2) is 0 Å². The van der Waals surface area contributed by atoms with E-state index in [1.807, 2.05) is 0 Å². The predicted molar refractivity (Wildman–Crippen MR) is 606 cm³/mol. The Morgan fingerprint density at radius 2 is 0.489 bits per heavy atom. The van der Waals surface area contributed by atoms with Crippen LogP contribution in [0.3, 0.4) is 0 Å². The van der Waals surface area contributed by atoms with Gasteiger partial charge in [0.15, 0.2) is 0 Å². The van der Waals surface area contributed by atoms with Gasteiger partial charge in [-0.05, 0) is 298 Å². The van der Waals surface area contributed by atoms with Crippen LogP contribution in [0.2, 0.25) is 0 Å². The highest BCUT2D eigenvalue weighted by atomic mass is 15.2. The van der Waals surface area contributed by atoms with E-state index in [1.165, 1.54) is 184 Å². The standard InChI is InChI=1S/C67H62BN3.C66H60BN3/c1-42(2)46-27-31-51(32-28-46)70-62-35-29-48(43(3)4)37-59(62)68-60-38-49(44(5)6)30-36-63(60)71(61-22-16-14-19-54(61)47-25-23-45(7)24-26-47)65-41-53(40-64(70)66(65)68)69(50-17-11-10-12-18-50)52-33-34-56-55-20-13-15-21-57(55)67(8,9)58(56)39-52;1-42(2)45-27-31-50(32-28-45)69-61-35-29-47(43(3)4)37-58(61)67-59-38-48(44(5)6)30-36-62(59)70(60-26-18-16-23-53(60)46-19-11-9-12-20-46)64-41-52(40-63(69)65(64)67)68(49-21-13-10-14-22-49)51-33-34-55-54-24-15-17-25-56(54)66(7,8)57(55)39-51/h10-44H,1-9H3;9-44H,1-8H3. The Kier molecular flexibility index (Phi) is 22.5. The molecule has 4 aliphatic heterocycles. The lowest BCUT2D eigenvalue weighted by molar-refractivity contribution is 0.660. The van der Waals surface area contributed by atoms with Crippen molar-refractivity contribution < 1.29 is 0 Å². The summed E-state index contributed by atoms with van der Waals surface area (Å²) in [5.74, 6) is 2.31. The lowest BCUT2D eigenvalue weighted by Crippen LogP contribution is -2.61. The molecule has 0 unspecified atom stereocenters. The predicted octanol–water partition coefficient (Wildman–Crippen LogP) is 33.5. The number of nitrogens with zero attached hydrogens (tertiary/aromatic N) is 6. The van der Waals surface area contributed by atoms with Crippen LogP contribution in [0.5, 0.6) is 0 Å². The molecule has 0 N–H and O–H groups in total. The van der Waals surface area contributed by atoms with Gasteiger partial charge in [0.05, 0.1) is 22.7 Å². The van der Waals surface area contributed by atoms with Gasteiger partial charge in [0.25, 0.3) is 13.4 Å². The molecule has 4 heterocycles. The van der Waals surface area contributed by atoms with Crippen molar-refractivity contribution in [3.05, 3.63) is 456 Å². The van der Waals surface area contributed by atoms with Gasteiger partial charge in [0.2, 0.25) is 0 Å². The fourth-order valence-corrected chi connectivity index (χ4v) is 23.7. The third-order valence-corrected chi connectivity index (χ3v) is 31.4. The summed E-state index contributed by atoms with van der Waals surface area (Å²) in [5.41, 5.74) is 53.5. The van der Waals surface area contributed by atoms with Gasteiger partial charge < -0.3 is 29.4 Å². The molecule has 0 saturated carbocycles. The largest absolute Gasteiger partial charge is 0.311 e. The molecule has 0 spiro atoms. The maximum absolute atomic E-state index is 2.61. The van der Waals surface area contributed by atoms with Gasteiger partial charge in [0.1, 0.15) is 0 Å². The molecule has 8 heteroatoms. The van der Waals surface area contributed by atoms with Crippen molar-refractivity contribution in [3.8, 4) is 44.5 Å². The number of hydrogen-bond donors (Lipinski definition) is 0. The minimum Gasteiger partial charge on any atom is -0.311 e. The zero-order valence-corrected chi connectivity index (χ0v) is 84.3. The number of hydrogen-bond acceptors (Lipinski definition) is 6. The molecular weight excluding hydrogens is 1700 g/mol. The summed E-state index contributed by atoms with van der Waals surface area (Å²) in [6.45, 7) is 39.4. The Morgan fingerprint density at radius 3 is 0.837 bits per heavy atom. The molecule has 0 fully saturated rings. The van der Waals surface area contributed by atoms with Crippen LogP contribution in [-0.2, 0) is 10.8 Å². The molecular formula is C133H122B2N6. The normalized spacial score (nSPS) is 13.8. The first-order valence-corrected chi connectivity index (χ1v) is 51.2. The molecule has 6 nitrogen and oxygen atoms in total. The number of benzene rings is 18. The Labute approximate surface area is 836 Å². The van der Waals surface area contributed by atoms with Crippen LogP contribution in [0.4, 0.5) is 102 Å². The molecule has 24 rings (SSSR count). The molecule has 0 atom stereocenters. The molecule has 18 aromatic rings. The summed E-state index contributed by atoms with van der Waals surface area (Å²) in [6, 6.07) is 150. The van der Waals surface area contributed by atoms with Crippen LogP contribution in [0.1, 0.15) is 207 Å². The second kappa shape index (κ2) is 35.3. The average Bonchev–Trinajstić information content (AvgIpc) is 1.62. The highest BCUT2D eigenvalue weighted by molar-refractivity contribution is 7.01. The Morgan fingerprint density at radius 1 is 0.206 bits per heavy atom. The number of anilines is 18. The zero-order valence-electron chi connectivity index (χ0n) is 84.3. The summed E-state index contributed by atoms with van der Waals surface area (Å²) in [6.07, 6.45) is 0. The van der Waals surface area contributed by atoms with E-state index in [0.717, 1.165) is 56.9 Å². The first kappa shape index (κ1) is 89.8. The summed E-state index contributed by atoms with van der Waals surface area (Å²) >= 11 is 0. The molecule has 0 amide bonds. The molecule has 0 saturated heterocycles. The fourth-order valence-electron chi connectivity index (χ4n) is 23.7. The van der Waals surface area contributed by atoms with Gasteiger partial charge in [-0.3, -0.25) is 0 Å². The van der Waals surface area contributed by atoms with Crippen molar-refractivity contribution in [2.75, 3.05) is 29.4 Å². The van der Waals surface area contributed by atoms with Gasteiger partial charge >= 0.3 is 0 Å². The maximum Gasteiger partial charge on any atom is 0.252 e. The SMILES string of the molecule is CC(C)c1ccc(N2c3ccc(C(C)C)cc3B3c4cc(C(C)C)ccc4N(c4ccccc4-c4ccccc4)c4cc(N(c5ccccc5)c5ccc6c(c5)C(C)(C)c5ccccc5-6)cc2c43)cc1.Cc1ccc(-c2ccccc2N2c3ccc(C(C)C)cc3B3c4cc(C(C)C)ccc4N(c4ccc(C(C)C)cc4)c4cc(N(c5ccccc5)c5ccc6c(c5)C(C)(C)c5ccccc5-6)cc2c43)cc1. The van der Waals surface area contributed by atoms with Crippen LogP contribution < -0.4 is 62.2 Å². The summed E-state index contributed by atoms with van der Waals surface area (Å²) < 4.78 is 0. The van der Waals surface area contributed by atoms with Crippen LogP contribution in [0, 0.1) is 6.92 Å². The quantitative estimate of drug-likeness (QED) is 0.0792. The molecule has 0 bridgehead atoms. The number of aryl methyl sites for hydroxylation is 1. The van der Waals surface area contributed by atoms with Crippen molar-refractivity contribution >= 4 is 149 Å². The fraction of sp³-hybridized carbons (Fsp3) is 0.188. The van der Waals surface area contributed by atoms with Gasteiger partial charge in [-0.1, -0.05) is 377 Å². The van der Waals surface area contributed by atoms with Gasteiger partial charge in [0, 0.05) is 102 Å². The molecule has 6 aliphatic rings. The van der Waals surface area contributed by atoms with Crippen molar-refractivity contribution in [2.45, 2.75) is 164 Å². The maximum atomic E-state index is 2.61. The zero-order chi connectivity index (χ0) is 96.9. The van der Waals surface area contributed by atoms with Crippen LogP contribution >= 0.6 is 0 Å². The van der Waals surface area contributed by atoms with Gasteiger partial charge in [-0.2, -0.15) is 0 Å². The Balaban J connectivity index is 0.000000157. The van der Waals surface area contributed by atoms with Crippen molar-refractivity contribution in [2.24, 2.45) is 0 Å². The topological polar surface area (TPSA) is 19.4 Å². The highest BCUT2D eigenvalue weighted by Crippen LogP contribution is 2.58. The summed E-state index contributed by atoms with van der Waals surface area (Å²) in [7, 11) is 0. The third-order valence-electron chi connectivity index (χ3n) is 31.4. The molecule has 141 heavy (non-hydrogen) atoms. The summed E-state index contributed by atoms with van der Waals surface area (Å²) in [5, 5.41) is 0.